The summed E-state index contributed by atoms with van der Waals surface area (Å²) in [6.45, 7) is 4.98. The van der Waals surface area contributed by atoms with E-state index < -0.39 is 0 Å². The summed E-state index contributed by atoms with van der Waals surface area (Å²) in [5, 5.41) is 3.46. The van der Waals surface area contributed by atoms with Gasteiger partial charge >= 0.3 is 0 Å². The second-order valence-electron chi connectivity index (χ2n) is 5.35. The van der Waals surface area contributed by atoms with Crippen LogP contribution in [0.1, 0.15) is 38.2 Å². The quantitative estimate of drug-likeness (QED) is 0.623. The molecule has 114 valence electrons. The summed E-state index contributed by atoms with van der Waals surface area (Å²) in [6.07, 6.45) is 5.29. The third-order valence-electron chi connectivity index (χ3n) is 3.54. The second-order valence-corrected chi connectivity index (χ2v) is 5.35. The Balaban J connectivity index is 2.46. The van der Waals surface area contributed by atoms with Crippen molar-refractivity contribution in [2.75, 3.05) is 26.8 Å². The summed E-state index contributed by atoms with van der Waals surface area (Å²) in [6, 6.07) is 7.12. The molecule has 1 rings (SSSR count). The molecule has 0 amide bonds. The lowest BCUT2D eigenvalue weighted by atomic mass is 9.93. The average Bonchev–Trinajstić information content (AvgIpc) is 2.46. The largest absolute Gasteiger partial charge is 0.385 e. The Bertz CT molecular complexity index is 357. The lowest BCUT2D eigenvalue weighted by molar-refractivity contribution is 0.190. The van der Waals surface area contributed by atoms with Crippen LogP contribution in [-0.4, -0.2) is 26.8 Å². The van der Waals surface area contributed by atoms with E-state index in [0.29, 0.717) is 5.92 Å². The molecule has 0 aliphatic heterocycles. The Kier molecular flexibility index (Phi) is 9.25. The minimum Gasteiger partial charge on any atom is -0.385 e. The van der Waals surface area contributed by atoms with Gasteiger partial charge in [-0.25, -0.2) is 4.39 Å². The molecule has 0 radical (unpaired) electrons. The molecule has 0 saturated heterocycles. The number of hydrogen-bond acceptors (Lipinski definition) is 2. The van der Waals surface area contributed by atoms with Gasteiger partial charge in [-0.2, -0.15) is 0 Å². The Morgan fingerprint density at radius 3 is 2.75 bits per heavy atom. The lowest BCUT2D eigenvalue weighted by Gasteiger charge is -2.18. The van der Waals surface area contributed by atoms with Crippen molar-refractivity contribution in [2.24, 2.45) is 5.92 Å². The average molecular weight is 281 g/mol. The SMILES string of the molecule is CCCNCC(CCCCOC)Cc1ccccc1F. The maximum atomic E-state index is 13.7. The third kappa shape index (κ3) is 7.01. The maximum absolute atomic E-state index is 13.7. The van der Waals surface area contributed by atoms with Crippen molar-refractivity contribution in [1.82, 2.24) is 5.32 Å². The zero-order valence-electron chi connectivity index (χ0n) is 12.8. The summed E-state index contributed by atoms with van der Waals surface area (Å²) in [5.41, 5.74) is 0.836. The van der Waals surface area contributed by atoms with Crippen LogP contribution < -0.4 is 5.32 Å². The number of hydrogen-bond donors (Lipinski definition) is 1. The van der Waals surface area contributed by atoms with Crippen LogP contribution in [0.15, 0.2) is 24.3 Å². The van der Waals surface area contributed by atoms with E-state index in [1.807, 2.05) is 12.1 Å². The molecule has 1 aromatic carbocycles. The molecule has 2 nitrogen and oxygen atoms in total. The van der Waals surface area contributed by atoms with E-state index in [4.69, 9.17) is 4.74 Å². The molecule has 3 heteroatoms. The molecule has 0 saturated carbocycles. The van der Waals surface area contributed by atoms with E-state index in [1.54, 1.807) is 19.2 Å². The van der Waals surface area contributed by atoms with Crippen molar-refractivity contribution in [3.8, 4) is 0 Å². The second kappa shape index (κ2) is 10.8. The van der Waals surface area contributed by atoms with E-state index in [9.17, 15) is 4.39 Å². The third-order valence-corrected chi connectivity index (χ3v) is 3.54. The van der Waals surface area contributed by atoms with Gasteiger partial charge in [0.15, 0.2) is 0 Å². The van der Waals surface area contributed by atoms with E-state index in [2.05, 4.69) is 12.2 Å². The van der Waals surface area contributed by atoms with Gasteiger partial charge < -0.3 is 10.1 Å². The Labute approximate surface area is 122 Å². The van der Waals surface area contributed by atoms with Crippen molar-refractivity contribution in [1.29, 1.82) is 0 Å². The molecule has 1 aromatic rings. The minimum absolute atomic E-state index is 0.0788. The standard InChI is InChI=1S/C17H28FNO/c1-3-11-19-14-15(8-6-7-12-20-2)13-16-9-4-5-10-17(16)18/h4-5,9-10,15,19H,3,6-8,11-14H2,1-2H3. The van der Waals surface area contributed by atoms with Crippen LogP contribution in [-0.2, 0) is 11.2 Å². The van der Waals surface area contributed by atoms with Gasteiger partial charge in [0.05, 0.1) is 0 Å². The van der Waals surface area contributed by atoms with Gasteiger partial charge in [0, 0.05) is 13.7 Å². The fourth-order valence-corrected chi connectivity index (χ4v) is 2.41. The monoisotopic (exact) mass is 281 g/mol. The van der Waals surface area contributed by atoms with Crippen molar-refractivity contribution in [3.63, 3.8) is 0 Å². The summed E-state index contributed by atoms with van der Waals surface area (Å²) < 4.78 is 18.8. The molecular weight excluding hydrogens is 253 g/mol. The predicted octanol–water partition coefficient (Wildman–Crippen LogP) is 3.80. The number of halogens is 1. The normalized spacial score (nSPS) is 12.6. The van der Waals surface area contributed by atoms with Crippen LogP contribution in [0.4, 0.5) is 4.39 Å². The first-order valence-corrected chi connectivity index (χ1v) is 7.71. The molecule has 0 fully saturated rings. The van der Waals surface area contributed by atoms with Crippen LogP contribution in [0.25, 0.3) is 0 Å². The van der Waals surface area contributed by atoms with Crippen LogP contribution in [0.2, 0.25) is 0 Å². The van der Waals surface area contributed by atoms with Gasteiger partial charge in [0.2, 0.25) is 0 Å². The summed E-state index contributed by atoms with van der Waals surface area (Å²) in [5.74, 6) is 0.417. The van der Waals surface area contributed by atoms with Crippen LogP contribution in [0.5, 0.6) is 0 Å². The first kappa shape index (κ1) is 17.1. The van der Waals surface area contributed by atoms with Crippen molar-refractivity contribution >= 4 is 0 Å². The molecule has 0 spiro atoms. The molecule has 0 aliphatic carbocycles. The van der Waals surface area contributed by atoms with E-state index >= 15 is 0 Å². The smallest absolute Gasteiger partial charge is 0.126 e. The summed E-state index contributed by atoms with van der Waals surface area (Å²) in [4.78, 5) is 0. The molecule has 0 heterocycles. The number of unbranched alkanes of at least 4 members (excludes halogenated alkanes) is 1. The topological polar surface area (TPSA) is 21.3 Å². The zero-order valence-corrected chi connectivity index (χ0v) is 12.8. The highest BCUT2D eigenvalue weighted by atomic mass is 19.1. The summed E-state index contributed by atoms with van der Waals surface area (Å²) >= 11 is 0. The Morgan fingerprint density at radius 1 is 1.25 bits per heavy atom. The molecule has 1 N–H and O–H groups in total. The molecule has 0 bridgehead atoms. The first-order chi connectivity index (χ1) is 9.77. The highest BCUT2D eigenvalue weighted by Gasteiger charge is 2.12. The molecular formula is C17H28FNO. The Morgan fingerprint density at radius 2 is 2.05 bits per heavy atom. The molecule has 1 unspecified atom stereocenters. The number of benzene rings is 1. The number of rotatable bonds is 11. The number of nitrogens with one attached hydrogen (secondary N) is 1. The highest BCUT2D eigenvalue weighted by molar-refractivity contribution is 5.17. The van der Waals surface area contributed by atoms with Gasteiger partial charge in [-0.15, -0.1) is 0 Å². The van der Waals surface area contributed by atoms with Crippen molar-refractivity contribution in [2.45, 2.75) is 39.0 Å². The van der Waals surface area contributed by atoms with E-state index in [1.165, 1.54) is 0 Å². The highest BCUT2D eigenvalue weighted by Crippen LogP contribution is 2.17. The van der Waals surface area contributed by atoms with Gasteiger partial charge in [0.1, 0.15) is 5.82 Å². The summed E-state index contributed by atoms with van der Waals surface area (Å²) in [7, 11) is 1.74. The fraction of sp³-hybridized carbons (Fsp3) is 0.647. The predicted molar refractivity (Wildman–Crippen MR) is 82.5 cm³/mol. The molecule has 1 atom stereocenters. The lowest BCUT2D eigenvalue weighted by Crippen LogP contribution is -2.25. The fourth-order valence-electron chi connectivity index (χ4n) is 2.41. The minimum atomic E-state index is -0.0788. The van der Waals surface area contributed by atoms with Gasteiger partial charge in [-0.05, 0) is 56.3 Å². The maximum Gasteiger partial charge on any atom is 0.126 e. The van der Waals surface area contributed by atoms with Gasteiger partial charge in [-0.1, -0.05) is 31.5 Å². The van der Waals surface area contributed by atoms with E-state index in [0.717, 1.165) is 57.4 Å². The number of ether oxygens (including phenoxy) is 1. The van der Waals surface area contributed by atoms with Crippen LogP contribution >= 0.6 is 0 Å². The molecule has 0 aliphatic rings. The van der Waals surface area contributed by atoms with Crippen LogP contribution in [0.3, 0.4) is 0 Å². The van der Waals surface area contributed by atoms with Gasteiger partial charge in [0.25, 0.3) is 0 Å². The zero-order chi connectivity index (χ0) is 14.6. The molecule has 0 aromatic heterocycles. The van der Waals surface area contributed by atoms with Crippen molar-refractivity contribution in [3.05, 3.63) is 35.6 Å². The van der Waals surface area contributed by atoms with Crippen molar-refractivity contribution < 1.29 is 9.13 Å². The first-order valence-electron chi connectivity index (χ1n) is 7.71. The van der Waals surface area contributed by atoms with Crippen LogP contribution in [0, 0.1) is 11.7 Å². The molecule has 20 heavy (non-hydrogen) atoms. The number of methoxy groups -OCH3 is 1. The van der Waals surface area contributed by atoms with E-state index in [-0.39, 0.29) is 5.82 Å². The Hall–Kier alpha value is -0.930. The van der Waals surface area contributed by atoms with Gasteiger partial charge in [-0.3, -0.25) is 0 Å².